The predicted molar refractivity (Wildman–Crippen MR) is 117 cm³/mol. The number of hydrogen-bond acceptors (Lipinski definition) is 6. The summed E-state index contributed by atoms with van der Waals surface area (Å²) in [4.78, 5) is 37.0. The molecule has 1 heterocycles. The maximum Gasteiger partial charge on any atom is 0.328 e. The zero-order valence-corrected chi connectivity index (χ0v) is 18.6. The van der Waals surface area contributed by atoms with E-state index in [1.807, 2.05) is 6.92 Å². The van der Waals surface area contributed by atoms with Crippen LogP contribution in [0.4, 0.5) is 4.79 Å². The molecule has 32 heavy (non-hydrogen) atoms. The summed E-state index contributed by atoms with van der Waals surface area (Å²) in [7, 11) is -3.79. The van der Waals surface area contributed by atoms with Gasteiger partial charge in [0.05, 0.1) is 11.5 Å². The van der Waals surface area contributed by atoms with Gasteiger partial charge in [0.15, 0.2) is 5.41 Å². The van der Waals surface area contributed by atoms with Crippen LogP contribution in [0.15, 0.2) is 59.5 Å². The second-order valence-corrected chi connectivity index (χ2v) is 9.38. The van der Waals surface area contributed by atoms with Crippen LogP contribution >= 0.6 is 0 Å². The molecular weight excluding hydrogens is 432 g/mol. The van der Waals surface area contributed by atoms with E-state index in [4.69, 9.17) is 4.18 Å². The molecule has 1 saturated heterocycles. The fourth-order valence-corrected chi connectivity index (χ4v) is 4.64. The molecular formula is C23H26N2O6S. The van der Waals surface area contributed by atoms with Crippen LogP contribution in [0.5, 0.6) is 0 Å². The highest BCUT2D eigenvalue weighted by atomic mass is 32.2. The van der Waals surface area contributed by atoms with Gasteiger partial charge in [-0.05, 0) is 37.5 Å². The molecule has 1 aliphatic heterocycles. The van der Waals surface area contributed by atoms with Crippen molar-refractivity contribution < 1.29 is 27.0 Å². The lowest BCUT2D eigenvalue weighted by Gasteiger charge is -2.34. The average Bonchev–Trinajstić information content (AvgIpc) is 2.75. The van der Waals surface area contributed by atoms with Crippen LogP contribution in [0.25, 0.3) is 0 Å². The number of nitrogens with one attached hydrogen (secondary N) is 2. The van der Waals surface area contributed by atoms with Crippen molar-refractivity contribution in [2.24, 2.45) is 0 Å². The lowest BCUT2D eigenvalue weighted by molar-refractivity contribution is -0.139. The van der Waals surface area contributed by atoms with E-state index in [9.17, 15) is 22.8 Å². The number of imide groups is 2. The van der Waals surface area contributed by atoms with Crippen molar-refractivity contribution in [2.75, 3.05) is 6.61 Å². The molecule has 0 unspecified atom stereocenters. The van der Waals surface area contributed by atoms with E-state index in [-0.39, 0.29) is 17.9 Å². The molecule has 1 fully saturated rings. The number of aryl methyl sites for hydroxylation is 1. The van der Waals surface area contributed by atoms with Crippen LogP contribution in [0.1, 0.15) is 43.2 Å². The highest BCUT2D eigenvalue weighted by Gasteiger charge is 2.51. The third-order valence-electron chi connectivity index (χ3n) is 5.49. The van der Waals surface area contributed by atoms with Crippen molar-refractivity contribution in [3.63, 3.8) is 0 Å². The molecule has 9 heteroatoms. The summed E-state index contributed by atoms with van der Waals surface area (Å²) in [5, 5.41) is 4.40. The van der Waals surface area contributed by atoms with Crippen molar-refractivity contribution >= 4 is 28.0 Å². The van der Waals surface area contributed by atoms with Crippen molar-refractivity contribution in [2.45, 2.75) is 49.3 Å². The van der Waals surface area contributed by atoms with Gasteiger partial charge in [0.25, 0.3) is 10.1 Å². The molecule has 3 rings (SSSR count). The molecule has 2 aromatic carbocycles. The van der Waals surface area contributed by atoms with E-state index in [2.05, 4.69) is 10.6 Å². The second-order valence-electron chi connectivity index (χ2n) is 7.76. The van der Waals surface area contributed by atoms with Crippen LogP contribution in [0.3, 0.4) is 0 Å². The molecule has 0 spiro atoms. The Kier molecular flexibility index (Phi) is 7.42. The molecule has 4 amide bonds. The number of benzene rings is 2. The Labute approximate surface area is 187 Å². The first kappa shape index (κ1) is 23.6. The summed E-state index contributed by atoms with van der Waals surface area (Å²) >= 11 is 0. The zero-order chi connectivity index (χ0) is 23.2. The predicted octanol–water partition coefficient (Wildman–Crippen LogP) is 2.95. The van der Waals surface area contributed by atoms with Gasteiger partial charge in [-0.2, -0.15) is 8.42 Å². The molecule has 0 saturated carbocycles. The van der Waals surface area contributed by atoms with Gasteiger partial charge in [-0.25, -0.2) is 4.79 Å². The first-order valence-corrected chi connectivity index (χ1v) is 11.8. The molecule has 1 aliphatic rings. The summed E-state index contributed by atoms with van der Waals surface area (Å²) in [5.41, 5.74) is 0.0115. The number of hydrogen-bond donors (Lipinski definition) is 2. The number of urea groups is 1. The van der Waals surface area contributed by atoms with E-state index >= 15 is 0 Å². The van der Waals surface area contributed by atoms with Crippen molar-refractivity contribution in [1.82, 2.24) is 10.6 Å². The monoisotopic (exact) mass is 458 g/mol. The first-order valence-electron chi connectivity index (χ1n) is 10.4. The summed E-state index contributed by atoms with van der Waals surface area (Å²) in [6.45, 7) is 1.92. The maximum absolute atomic E-state index is 12.7. The fraction of sp³-hybridized carbons (Fsp3) is 0.348. The minimum Gasteiger partial charge on any atom is -0.277 e. The largest absolute Gasteiger partial charge is 0.328 e. The second kappa shape index (κ2) is 10.1. The third-order valence-corrected chi connectivity index (χ3v) is 6.82. The summed E-state index contributed by atoms with van der Waals surface area (Å²) in [6.07, 6.45) is 2.60. The van der Waals surface area contributed by atoms with Gasteiger partial charge in [0, 0.05) is 0 Å². The molecule has 2 aromatic rings. The van der Waals surface area contributed by atoms with Gasteiger partial charge < -0.3 is 0 Å². The van der Waals surface area contributed by atoms with Crippen LogP contribution in [0.2, 0.25) is 0 Å². The molecule has 0 atom stereocenters. The van der Waals surface area contributed by atoms with Gasteiger partial charge in [0.2, 0.25) is 11.8 Å². The fourth-order valence-electron chi connectivity index (χ4n) is 3.70. The van der Waals surface area contributed by atoms with Crippen molar-refractivity contribution in [3.05, 3.63) is 65.7 Å². The van der Waals surface area contributed by atoms with Gasteiger partial charge in [-0.1, -0.05) is 67.3 Å². The molecule has 0 radical (unpaired) electrons. The number of barbiturate groups is 1. The normalized spacial score (nSPS) is 15.8. The van der Waals surface area contributed by atoms with E-state index < -0.39 is 33.4 Å². The molecule has 0 aromatic heterocycles. The van der Waals surface area contributed by atoms with Crippen LogP contribution < -0.4 is 10.6 Å². The first-order chi connectivity index (χ1) is 15.3. The number of amides is 4. The van der Waals surface area contributed by atoms with Gasteiger partial charge >= 0.3 is 6.03 Å². The number of rotatable bonds is 10. The molecule has 2 N–H and O–H groups in total. The minimum atomic E-state index is -3.79. The van der Waals surface area contributed by atoms with Crippen molar-refractivity contribution in [3.8, 4) is 0 Å². The summed E-state index contributed by atoms with van der Waals surface area (Å²) in [5.74, 6) is -1.27. The molecule has 8 nitrogen and oxygen atoms in total. The molecule has 0 bridgehead atoms. The number of unbranched alkanes of at least 4 members (excludes halogenated alkanes) is 3. The highest BCUT2D eigenvalue weighted by Crippen LogP contribution is 2.33. The SMILES string of the molecule is Cc1ccc(S(=O)(=O)OCCCCCCC2(c3ccccc3)C(=O)NC(=O)NC2=O)cc1. The quantitative estimate of drug-likeness (QED) is 0.321. The summed E-state index contributed by atoms with van der Waals surface area (Å²) in [6, 6.07) is 14.3. The minimum absolute atomic E-state index is 0.0511. The topological polar surface area (TPSA) is 119 Å². The molecule has 0 aliphatic carbocycles. The maximum atomic E-state index is 12.7. The average molecular weight is 459 g/mol. The Morgan fingerprint density at radius 1 is 0.812 bits per heavy atom. The van der Waals surface area contributed by atoms with Crippen LogP contribution in [0, 0.1) is 6.92 Å². The van der Waals surface area contributed by atoms with Crippen LogP contribution in [-0.2, 0) is 29.3 Å². The number of carbonyl (C=O) groups is 3. The van der Waals surface area contributed by atoms with E-state index in [1.165, 1.54) is 12.1 Å². The summed E-state index contributed by atoms with van der Waals surface area (Å²) < 4.78 is 29.5. The smallest absolute Gasteiger partial charge is 0.277 e. The van der Waals surface area contributed by atoms with Gasteiger partial charge in [0.1, 0.15) is 0 Å². The molecule has 170 valence electrons. The number of carbonyl (C=O) groups excluding carboxylic acids is 3. The van der Waals surface area contributed by atoms with E-state index in [0.717, 1.165) is 5.56 Å². The Hall–Kier alpha value is -3.04. The zero-order valence-electron chi connectivity index (χ0n) is 17.8. The Balaban J connectivity index is 1.52. The van der Waals surface area contributed by atoms with Gasteiger partial charge in [-0.15, -0.1) is 0 Å². The lowest BCUT2D eigenvalue weighted by atomic mass is 9.73. The Bertz CT molecular complexity index is 1060. The van der Waals surface area contributed by atoms with Gasteiger partial charge in [-0.3, -0.25) is 24.4 Å². The van der Waals surface area contributed by atoms with Crippen LogP contribution in [-0.4, -0.2) is 32.9 Å². The standard InChI is InChI=1S/C23H26N2O6S/c1-17-11-13-19(14-12-17)32(29,30)31-16-8-3-2-7-15-23(18-9-5-4-6-10-18)20(26)24-22(28)25-21(23)27/h4-6,9-14H,2-3,7-8,15-16H2,1H3,(H2,24,25,26,27,28). The third kappa shape index (κ3) is 5.23. The highest BCUT2D eigenvalue weighted by molar-refractivity contribution is 7.86. The Morgan fingerprint density at radius 3 is 2.03 bits per heavy atom. The van der Waals surface area contributed by atoms with E-state index in [0.29, 0.717) is 31.2 Å². The van der Waals surface area contributed by atoms with E-state index in [1.54, 1.807) is 42.5 Å². The van der Waals surface area contributed by atoms with Crippen molar-refractivity contribution in [1.29, 1.82) is 0 Å². The lowest BCUT2D eigenvalue weighted by Crippen LogP contribution is -2.64. The Morgan fingerprint density at radius 2 is 1.41 bits per heavy atom.